The summed E-state index contributed by atoms with van der Waals surface area (Å²) in [5.41, 5.74) is 2.89. The monoisotopic (exact) mass is 262 g/mol. The quantitative estimate of drug-likeness (QED) is 0.899. The minimum atomic E-state index is 0.276. The summed E-state index contributed by atoms with van der Waals surface area (Å²) in [6.07, 6.45) is 3.87. The molecular formula is C15H26N4. The molecule has 1 N–H and O–H groups in total. The van der Waals surface area contributed by atoms with Crippen molar-refractivity contribution in [1.29, 1.82) is 0 Å². The van der Waals surface area contributed by atoms with Crippen molar-refractivity contribution in [2.24, 2.45) is 0 Å². The molecule has 0 amide bonds. The van der Waals surface area contributed by atoms with Crippen molar-refractivity contribution >= 4 is 5.69 Å². The zero-order valence-corrected chi connectivity index (χ0v) is 12.6. The van der Waals surface area contributed by atoms with Gasteiger partial charge in [-0.05, 0) is 33.9 Å². The van der Waals surface area contributed by atoms with Crippen LogP contribution in [0.1, 0.15) is 26.3 Å². The smallest absolute Gasteiger partial charge is 0.0443 e. The predicted octanol–water partition coefficient (Wildman–Crippen LogP) is 1.72. The maximum absolute atomic E-state index is 4.24. The van der Waals surface area contributed by atoms with Gasteiger partial charge in [0.15, 0.2) is 0 Å². The highest BCUT2D eigenvalue weighted by molar-refractivity contribution is 5.52. The van der Waals surface area contributed by atoms with E-state index in [0.717, 1.165) is 32.7 Å². The first-order valence-corrected chi connectivity index (χ1v) is 7.10. The molecule has 4 nitrogen and oxygen atoms in total. The van der Waals surface area contributed by atoms with E-state index >= 15 is 0 Å². The molecule has 1 fully saturated rings. The fourth-order valence-electron chi connectivity index (χ4n) is 2.67. The molecule has 0 spiro atoms. The van der Waals surface area contributed by atoms with Crippen LogP contribution in [0.4, 0.5) is 5.69 Å². The van der Waals surface area contributed by atoms with Crippen LogP contribution in [0, 0.1) is 0 Å². The third-order valence-corrected chi connectivity index (χ3v) is 3.81. The van der Waals surface area contributed by atoms with E-state index in [1.165, 1.54) is 11.3 Å². The second-order valence-electron chi connectivity index (χ2n) is 6.18. The summed E-state index contributed by atoms with van der Waals surface area (Å²) in [6.45, 7) is 12.2. The van der Waals surface area contributed by atoms with Gasteiger partial charge in [-0.25, -0.2) is 0 Å². The Balaban J connectivity index is 2.05. The van der Waals surface area contributed by atoms with E-state index < -0.39 is 0 Å². The van der Waals surface area contributed by atoms with E-state index in [2.05, 4.69) is 46.9 Å². The normalized spacial score (nSPS) is 17.8. The molecule has 1 aliphatic rings. The predicted molar refractivity (Wildman–Crippen MR) is 80.5 cm³/mol. The fourth-order valence-corrected chi connectivity index (χ4v) is 2.67. The molecule has 0 aromatic carbocycles. The minimum Gasteiger partial charge on any atom is -0.369 e. The molecule has 0 atom stereocenters. The van der Waals surface area contributed by atoms with Gasteiger partial charge in [0.1, 0.15) is 0 Å². The van der Waals surface area contributed by atoms with Crippen LogP contribution in [0.25, 0.3) is 0 Å². The number of nitrogens with zero attached hydrogens (tertiary/aromatic N) is 3. The van der Waals surface area contributed by atoms with Gasteiger partial charge >= 0.3 is 0 Å². The molecule has 1 aliphatic heterocycles. The third-order valence-electron chi connectivity index (χ3n) is 3.81. The first kappa shape index (κ1) is 14.3. The van der Waals surface area contributed by atoms with Gasteiger partial charge in [0.2, 0.25) is 0 Å². The van der Waals surface area contributed by atoms with Gasteiger partial charge in [0, 0.05) is 61.9 Å². The molecule has 1 saturated heterocycles. The van der Waals surface area contributed by atoms with Crippen molar-refractivity contribution in [3.05, 3.63) is 24.0 Å². The Morgan fingerprint density at radius 3 is 2.47 bits per heavy atom. The van der Waals surface area contributed by atoms with Crippen LogP contribution in [0.2, 0.25) is 0 Å². The first-order chi connectivity index (χ1) is 9.02. The summed E-state index contributed by atoms with van der Waals surface area (Å²) < 4.78 is 0. The molecular weight excluding hydrogens is 236 g/mol. The summed E-state index contributed by atoms with van der Waals surface area (Å²) in [5, 5.41) is 3.22. The molecule has 0 radical (unpaired) electrons. The van der Waals surface area contributed by atoms with Gasteiger partial charge < -0.3 is 10.2 Å². The van der Waals surface area contributed by atoms with Gasteiger partial charge in [0.05, 0.1) is 0 Å². The summed E-state index contributed by atoms with van der Waals surface area (Å²) in [6, 6.07) is 2.14. The maximum atomic E-state index is 4.24. The Hall–Kier alpha value is -1.13. The van der Waals surface area contributed by atoms with Gasteiger partial charge in [-0.2, -0.15) is 0 Å². The molecule has 106 valence electrons. The molecule has 0 unspecified atom stereocenters. The zero-order chi connectivity index (χ0) is 13.9. The third kappa shape index (κ3) is 3.45. The lowest BCUT2D eigenvalue weighted by atomic mass is 10.0. The summed E-state index contributed by atoms with van der Waals surface area (Å²) in [7, 11) is 1.98. The number of hydrogen-bond donors (Lipinski definition) is 1. The van der Waals surface area contributed by atoms with E-state index in [-0.39, 0.29) is 5.54 Å². The Kier molecular flexibility index (Phi) is 4.42. The Morgan fingerprint density at radius 1 is 1.21 bits per heavy atom. The van der Waals surface area contributed by atoms with Gasteiger partial charge in [-0.15, -0.1) is 0 Å². The topological polar surface area (TPSA) is 31.4 Å². The molecule has 1 aromatic heterocycles. The number of aromatic nitrogens is 1. The van der Waals surface area contributed by atoms with Crippen LogP contribution in [0.3, 0.4) is 0 Å². The lowest BCUT2D eigenvalue weighted by Crippen LogP contribution is -2.53. The van der Waals surface area contributed by atoms with Crippen LogP contribution in [-0.2, 0) is 6.54 Å². The van der Waals surface area contributed by atoms with E-state index in [1.807, 2.05) is 19.4 Å². The fraction of sp³-hybridized carbons (Fsp3) is 0.667. The van der Waals surface area contributed by atoms with Crippen LogP contribution in [-0.4, -0.2) is 48.6 Å². The average molecular weight is 262 g/mol. The van der Waals surface area contributed by atoms with Crippen LogP contribution in [0.15, 0.2) is 18.5 Å². The van der Waals surface area contributed by atoms with E-state index in [1.54, 1.807) is 0 Å². The highest BCUT2D eigenvalue weighted by Gasteiger charge is 2.26. The second kappa shape index (κ2) is 5.88. The van der Waals surface area contributed by atoms with E-state index in [9.17, 15) is 0 Å². The number of hydrogen-bond acceptors (Lipinski definition) is 4. The van der Waals surface area contributed by atoms with Gasteiger partial charge in [0.25, 0.3) is 0 Å². The number of rotatable bonds is 3. The Labute approximate surface area is 116 Å². The number of nitrogens with one attached hydrogen (secondary N) is 1. The van der Waals surface area contributed by atoms with E-state index in [4.69, 9.17) is 0 Å². The Morgan fingerprint density at radius 2 is 1.89 bits per heavy atom. The van der Waals surface area contributed by atoms with Crippen molar-refractivity contribution in [2.45, 2.75) is 32.9 Å². The molecule has 19 heavy (non-hydrogen) atoms. The summed E-state index contributed by atoms with van der Waals surface area (Å²) in [4.78, 5) is 9.28. The minimum absolute atomic E-state index is 0.276. The number of piperazine rings is 1. The molecule has 0 bridgehead atoms. The lowest BCUT2D eigenvalue weighted by molar-refractivity contribution is 0.128. The second-order valence-corrected chi connectivity index (χ2v) is 6.18. The largest absolute Gasteiger partial charge is 0.369 e. The van der Waals surface area contributed by atoms with Gasteiger partial charge in [-0.3, -0.25) is 9.88 Å². The standard InChI is InChI=1S/C15H26N4/c1-15(2,3)19-9-7-18(8-10-19)14-5-6-17-12-13(14)11-16-4/h5-6,12,16H,7-11H2,1-4H3. The molecule has 1 aromatic rings. The lowest BCUT2D eigenvalue weighted by Gasteiger charge is -2.43. The van der Waals surface area contributed by atoms with Gasteiger partial charge in [-0.1, -0.05) is 0 Å². The molecule has 0 saturated carbocycles. The van der Waals surface area contributed by atoms with Crippen LogP contribution >= 0.6 is 0 Å². The SMILES string of the molecule is CNCc1cnccc1N1CCN(C(C)(C)C)CC1. The van der Waals surface area contributed by atoms with Crippen molar-refractivity contribution in [3.8, 4) is 0 Å². The van der Waals surface area contributed by atoms with Crippen molar-refractivity contribution in [1.82, 2.24) is 15.2 Å². The van der Waals surface area contributed by atoms with E-state index in [0.29, 0.717) is 0 Å². The van der Waals surface area contributed by atoms with Crippen molar-refractivity contribution in [3.63, 3.8) is 0 Å². The molecule has 2 heterocycles. The molecule has 4 heteroatoms. The zero-order valence-electron chi connectivity index (χ0n) is 12.6. The maximum Gasteiger partial charge on any atom is 0.0443 e. The average Bonchev–Trinajstić information content (AvgIpc) is 2.39. The Bertz CT molecular complexity index is 403. The summed E-state index contributed by atoms with van der Waals surface area (Å²) in [5.74, 6) is 0. The molecule has 0 aliphatic carbocycles. The number of anilines is 1. The van der Waals surface area contributed by atoms with Crippen LogP contribution < -0.4 is 10.2 Å². The molecule has 2 rings (SSSR count). The first-order valence-electron chi connectivity index (χ1n) is 7.10. The van der Waals surface area contributed by atoms with Crippen molar-refractivity contribution < 1.29 is 0 Å². The summed E-state index contributed by atoms with van der Waals surface area (Å²) >= 11 is 0. The van der Waals surface area contributed by atoms with Crippen molar-refractivity contribution in [2.75, 3.05) is 38.1 Å². The van der Waals surface area contributed by atoms with Crippen LogP contribution in [0.5, 0.6) is 0 Å². The highest BCUT2D eigenvalue weighted by atomic mass is 15.3. The highest BCUT2D eigenvalue weighted by Crippen LogP contribution is 2.23. The number of pyridine rings is 1.